The Kier molecular flexibility index (Phi) is 7.45. The van der Waals surface area contributed by atoms with Gasteiger partial charge in [-0.25, -0.2) is 9.59 Å². The van der Waals surface area contributed by atoms with E-state index in [0.717, 1.165) is 0 Å². The molecule has 0 aliphatic rings. The topological polar surface area (TPSA) is 116 Å². The van der Waals surface area contributed by atoms with Crippen molar-refractivity contribution in [2.75, 3.05) is 5.32 Å². The first-order valence-corrected chi connectivity index (χ1v) is 7.06. The lowest BCUT2D eigenvalue weighted by Crippen LogP contribution is -2.42. The summed E-state index contributed by atoms with van der Waals surface area (Å²) in [6, 6.07) is 7.14. The van der Waals surface area contributed by atoms with E-state index < -0.39 is 24.0 Å². The number of hydrogen-bond donors (Lipinski definition) is 4. The van der Waals surface area contributed by atoms with E-state index >= 15 is 0 Å². The van der Waals surface area contributed by atoms with Gasteiger partial charge >= 0.3 is 18.0 Å². The number of carboxylic acid groups (broad SMARTS) is 2. The predicted molar refractivity (Wildman–Crippen MR) is 80.7 cm³/mol. The van der Waals surface area contributed by atoms with Crippen molar-refractivity contribution >= 4 is 23.7 Å². The Morgan fingerprint density at radius 2 is 1.68 bits per heavy atom. The third-order valence-electron chi connectivity index (χ3n) is 3.02. The molecule has 0 saturated heterocycles. The lowest BCUT2D eigenvalue weighted by atomic mass is 10.1. The highest BCUT2D eigenvalue weighted by molar-refractivity contribution is 5.92. The molecule has 1 rings (SSSR count). The number of hydrogen-bond acceptors (Lipinski definition) is 3. The minimum Gasteiger partial charge on any atom is -0.481 e. The van der Waals surface area contributed by atoms with Gasteiger partial charge < -0.3 is 20.8 Å². The summed E-state index contributed by atoms with van der Waals surface area (Å²) >= 11 is 0. The molecule has 0 aliphatic heterocycles. The number of urea groups is 1. The molecule has 7 heteroatoms. The average Bonchev–Trinajstić information content (AvgIpc) is 2.46. The minimum absolute atomic E-state index is 0.0691. The quantitative estimate of drug-likeness (QED) is 0.522. The second kappa shape index (κ2) is 9.38. The molecule has 0 heterocycles. The Balaban J connectivity index is 2.35. The van der Waals surface area contributed by atoms with Crippen LogP contribution in [0, 0.1) is 0 Å². The van der Waals surface area contributed by atoms with Crippen molar-refractivity contribution in [1.29, 1.82) is 0 Å². The van der Waals surface area contributed by atoms with Crippen LogP contribution in [0.1, 0.15) is 32.1 Å². The highest BCUT2D eigenvalue weighted by atomic mass is 16.4. The van der Waals surface area contributed by atoms with Crippen molar-refractivity contribution in [3.8, 4) is 0 Å². The molecule has 7 nitrogen and oxygen atoms in total. The standard InChI is InChI=1S/C15H20N2O5/c18-13(19)10-6-2-5-9-12(14(20)21)17-15(22)16-11-7-3-1-4-8-11/h1,3-4,7-8,12H,2,5-6,9-10H2,(H,18,19)(H,20,21)(H2,16,17,22)/t12-/m0/s1. The maximum Gasteiger partial charge on any atom is 0.326 e. The number of nitrogens with one attached hydrogen (secondary N) is 2. The molecular formula is C15H20N2O5. The Morgan fingerprint density at radius 3 is 2.27 bits per heavy atom. The first-order chi connectivity index (χ1) is 10.5. The molecule has 2 amide bonds. The van der Waals surface area contributed by atoms with E-state index in [9.17, 15) is 14.4 Å². The number of carboxylic acids is 2. The molecule has 0 aromatic heterocycles. The highest BCUT2D eigenvalue weighted by Crippen LogP contribution is 2.08. The summed E-state index contributed by atoms with van der Waals surface area (Å²) in [5, 5.41) is 22.6. The fourth-order valence-corrected chi connectivity index (χ4v) is 1.91. The smallest absolute Gasteiger partial charge is 0.326 e. The maximum atomic E-state index is 11.7. The van der Waals surface area contributed by atoms with Gasteiger partial charge in [0.15, 0.2) is 0 Å². The molecule has 0 unspecified atom stereocenters. The summed E-state index contributed by atoms with van der Waals surface area (Å²) in [5.74, 6) is -1.98. The van der Waals surface area contributed by atoms with Gasteiger partial charge in [0, 0.05) is 12.1 Å². The van der Waals surface area contributed by atoms with Gasteiger partial charge in [-0.1, -0.05) is 31.0 Å². The molecule has 0 saturated carbocycles. The summed E-state index contributed by atoms with van der Waals surface area (Å²) in [6.45, 7) is 0. The summed E-state index contributed by atoms with van der Waals surface area (Å²) in [6.07, 6.45) is 1.97. The molecule has 4 N–H and O–H groups in total. The van der Waals surface area contributed by atoms with Crippen LogP contribution in [0.15, 0.2) is 30.3 Å². The van der Waals surface area contributed by atoms with Crippen LogP contribution in [0.3, 0.4) is 0 Å². The molecule has 0 radical (unpaired) electrons. The van der Waals surface area contributed by atoms with Gasteiger partial charge in [0.25, 0.3) is 0 Å². The van der Waals surface area contributed by atoms with Crippen LogP contribution in [-0.2, 0) is 9.59 Å². The van der Waals surface area contributed by atoms with Crippen molar-refractivity contribution in [1.82, 2.24) is 5.32 Å². The monoisotopic (exact) mass is 308 g/mol. The molecule has 0 bridgehead atoms. The number of unbranched alkanes of at least 4 members (excludes halogenated alkanes) is 2. The van der Waals surface area contributed by atoms with Crippen molar-refractivity contribution in [3.05, 3.63) is 30.3 Å². The molecular weight excluding hydrogens is 288 g/mol. The number of aliphatic carboxylic acids is 2. The van der Waals surface area contributed by atoms with Crippen LogP contribution in [0.4, 0.5) is 10.5 Å². The Morgan fingerprint density at radius 1 is 1.00 bits per heavy atom. The SMILES string of the molecule is O=C(O)CCCCC[C@H](NC(=O)Nc1ccccc1)C(=O)O. The third-order valence-corrected chi connectivity index (χ3v) is 3.02. The molecule has 0 fully saturated rings. The van der Waals surface area contributed by atoms with Crippen LogP contribution in [0.2, 0.25) is 0 Å². The van der Waals surface area contributed by atoms with Crippen LogP contribution >= 0.6 is 0 Å². The van der Waals surface area contributed by atoms with Gasteiger partial charge in [0.1, 0.15) is 6.04 Å². The number of rotatable bonds is 9. The van der Waals surface area contributed by atoms with Gasteiger partial charge in [-0.15, -0.1) is 0 Å². The molecule has 1 atom stereocenters. The third kappa shape index (κ3) is 7.28. The second-order valence-electron chi connectivity index (χ2n) is 4.85. The Hall–Kier alpha value is -2.57. The average molecular weight is 308 g/mol. The fraction of sp³-hybridized carbons (Fsp3) is 0.400. The number of carbonyl (C=O) groups is 3. The highest BCUT2D eigenvalue weighted by Gasteiger charge is 2.19. The van der Waals surface area contributed by atoms with E-state index in [0.29, 0.717) is 24.9 Å². The lowest BCUT2D eigenvalue weighted by Gasteiger charge is -2.15. The van der Waals surface area contributed by atoms with Gasteiger partial charge in [0.05, 0.1) is 0 Å². The fourth-order valence-electron chi connectivity index (χ4n) is 1.91. The summed E-state index contributed by atoms with van der Waals surface area (Å²) in [4.78, 5) is 33.2. The van der Waals surface area contributed by atoms with Crippen molar-refractivity contribution in [2.24, 2.45) is 0 Å². The van der Waals surface area contributed by atoms with Crippen molar-refractivity contribution in [2.45, 2.75) is 38.1 Å². The van der Waals surface area contributed by atoms with Crippen LogP contribution in [0.5, 0.6) is 0 Å². The van der Waals surface area contributed by atoms with Crippen LogP contribution < -0.4 is 10.6 Å². The normalized spacial score (nSPS) is 11.5. The van der Waals surface area contributed by atoms with E-state index in [-0.39, 0.29) is 12.8 Å². The molecule has 22 heavy (non-hydrogen) atoms. The van der Waals surface area contributed by atoms with Gasteiger partial charge in [-0.3, -0.25) is 4.79 Å². The van der Waals surface area contributed by atoms with Gasteiger partial charge in [0.2, 0.25) is 0 Å². The zero-order valence-electron chi connectivity index (χ0n) is 12.1. The number of anilines is 1. The first kappa shape index (κ1) is 17.5. The Labute approximate surface area is 128 Å². The van der Waals surface area contributed by atoms with E-state index in [2.05, 4.69) is 10.6 Å². The summed E-state index contributed by atoms with van der Waals surface area (Å²) in [5.41, 5.74) is 0.575. The van der Waals surface area contributed by atoms with E-state index in [4.69, 9.17) is 10.2 Å². The largest absolute Gasteiger partial charge is 0.481 e. The number of para-hydroxylation sites is 1. The molecule has 1 aromatic carbocycles. The van der Waals surface area contributed by atoms with Crippen LogP contribution in [0.25, 0.3) is 0 Å². The maximum absolute atomic E-state index is 11.7. The second-order valence-corrected chi connectivity index (χ2v) is 4.85. The number of amides is 2. The molecule has 1 aromatic rings. The predicted octanol–water partition coefficient (Wildman–Crippen LogP) is 2.30. The minimum atomic E-state index is -1.11. The molecule has 0 aliphatic carbocycles. The summed E-state index contributed by atoms with van der Waals surface area (Å²) < 4.78 is 0. The summed E-state index contributed by atoms with van der Waals surface area (Å²) in [7, 11) is 0. The zero-order valence-corrected chi connectivity index (χ0v) is 12.1. The number of carbonyl (C=O) groups excluding carboxylic acids is 1. The number of benzene rings is 1. The first-order valence-electron chi connectivity index (χ1n) is 7.06. The van der Waals surface area contributed by atoms with Crippen LogP contribution in [-0.4, -0.2) is 34.2 Å². The Bertz CT molecular complexity index is 504. The zero-order chi connectivity index (χ0) is 16.4. The molecule has 0 spiro atoms. The van der Waals surface area contributed by atoms with Crippen molar-refractivity contribution in [3.63, 3.8) is 0 Å². The van der Waals surface area contributed by atoms with E-state index in [1.54, 1.807) is 30.3 Å². The van der Waals surface area contributed by atoms with E-state index in [1.165, 1.54) is 0 Å². The van der Waals surface area contributed by atoms with Gasteiger partial charge in [-0.2, -0.15) is 0 Å². The van der Waals surface area contributed by atoms with Gasteiger partial charge in [-0.05, 0) is 25.0 Å². The van der Waals surface area contributed by atoms with E-state index in [1.807, 2.05) is 0 Å². The van der Waals surface area contributed by atoms with Crippen molar-refractivity contribution < 1.29 is 24.6 Å². The lowest BCUT2D eigenvalue weighted by molar-refractivity contribution is -0.139. The molecule has 120 valence electrons.